The van der Waals surface area contributed by atoms with Crippen LogP contribution in [0, 0.1) is 3.57 Å². The largest absolute Gasteiger partial charge is 0.323 e. The first-order valence-electron chi connectivity index (χ1n) is 7.68. The molecule has 0 aliphatic heterocycles. The number of rotatable bonds is 5. The summed E-state index contributed by atoms with van der Waals surface area (Å²) in [5.74, 6) is -0.288. The van der Waals surface area contributed by atoms with Crippen LogP contribution in [-0.4, -0.2) is 18.3 Å². The summed E-state index contributed by atoms with van der Waals surface area (Å²) in [6.45, 7) is 0. The average Bonchev–Trinajstić information content (AvgIpc) is 3.11. The van der Waals surface area contributed by atoms with Crippen molar-refractivity contribution in [2.75, 3.05) is 5.32 Å². The first-order chi connectivity index (χ1) is 12.4. The Bertz CT molecular complexity index is 1040. The molecule has 5 nitrogen and oxygen atoms in total. The van der Waals surface area contributed by atoms with Gasteiger partial charge in [-0.25, -0.2) is 12.4 Å². The lowest BCUT2D eigenvalue weighted by atomic mass is 10.3. The number of halogens is 1. The number of carbonyl (C=O) groups is 1. The predicted molar refractivity (Wildman–Crippen MR) is 110 cm³/mol. The van der Waals surface area contributed by atoms with Gasteiger partial charge in [0.2, 0.25) is 5.91 Å². The minimum absolute atomic E-state index is 0.214. The van der Waals surface area contributed by atoms with Crippen molar-refractivity contribution in [3.8, 4) is 0 Å². The van der Waals surface area contributed by atoms with E-state index in [9.17, 15) is 13.2 Å². The summed E-state index contributed by atoms with van der Waals surface area (Å²) in [4.78, 5) is 12.1. The molecule has 3 aromatic rings. The van der Waals surface area contributed by atoms with E-state index in [-0.39, 0.29) is 10.8 Å². The van der Waals surface area contributed by atoms with Crippen LogP contribution in [0.1, 0.15) is 5.56 Å². The number of nitrogens with one attached hydrogen (secondary N) is 1. The van der Waals surface area contributed by atoms with E-state index in [0.717, 1.165) is 7.54 Å². The molecule has 1 heterocycles. The van der Waals surface area contributed by atoms with E-state index in [2.05, 4.69) is 27.9 Å². The van der Waals surface area contributed by atoms with E-state index >= 15 is 0 Å². The van der Waals surface area contributed by atoms with E-state index < -0.39 is 10.0 Å². The van der Waals surface area contributed by atoms with Crippen molar-refractivity contribution in [2.45, 2.75) is 4.90 Å². The van der Waals surface area contributed by atoms with Crippen molar-refractivity contribution >= 4 is 50.3 Å². The van der Waals surface area contributed by atoms with E-state index in [1.165, 1.54) is 18.5 Å². The zero-order chi connectivity index (χ0) is 18.6. The molecule has 7 heteroatoms. The third-order valence-electron chi connectivity index (χ3n) is 3.55. The highest BCUT2D eigenvalue weighted by atomic mass is 127. The molecule has 1 N–H and O–H groups in total. The summed E-state index contributed by atoms with van der Waals surface area (Å²) in [6.07, 6.45) is 5.87. The number of hydrogen-bond donors (Lipinski definition) is 1. The van der Waals surface area contributed by atoms with Crippen molar-refractivity contribution in [2.24, 2.45) is 0 Å². The fourth-order valence-corrected chi connectivity index (χ4v) is 3.81. The molecule has 0 aliphatic carbocycles. The summed E-state index contributed by atoms with van der Waals surface area (Å²) in [7, 11) is -3.64. The fourth-order valence-electron chi connectivity index (χ4n) is 2.25. The van der Waals surface area contributed by atoms with Gasteiger partial charge in [-0.15, -0.1) is 0 Å². The van der Waals surface area contributed by atoms with Gasteiger partial charge in [-0.05, 0) is 76.7 Å². The van der Waals surface area contributed by atoms with Crippen LogP contribution in [0.4, 0.5) is 5.69 Å². The Morgan fingerprint density at radius 1 is 1.00 bits per heavy atom. The monoisotopic (exact) mass is 478 g/mol. The lowest BCUT2D eigenvalue weighted by Crippen LogP contribution is -2.10. The number of hydrogen-bond acceptors (Lipinski definition) is 3. The Hall–Kier alpha value is -2.39. The van der Waals surface area contributed by atoms with E-state index in [1.54, 1.807) is 48.5 Å². The number of anilines is 1. The number of carbonyl (C=O) groups excluding carboxylic acids is 1. The van der Waals surface area contributed by atoms with E-state index in [4.69, 9.17) is 0 Å². The quantitative estimate of drug-likeness (QED) is 0.446. The maximum atomic E-state index is 12.6. The van der Waals surface area contributed by atoms with Crippen LogP contribution in [0.2, 0.25) is 0 Å². The summed E-state index contributed by atoms with van der Waals surface area (Å²) in [6, 6.07) is 17.4. The highest BCUT2D eigenvalue weighted by molar-refractivity contribution is 14.1. The Balaban J connectivity index is 1.73. The van der Waals surface area contributed by atoms with Crippen LogP contribution in [0.25, 0.3) is 6.08 Å². The molecule has 1 aromatic heterocycles. The zero-order valence-electron chi connectivity index (χ0n) is 13.5. The number of nitrogens with zero attached hydrogens (tertiary/aromatic N) is 1. The Labute approximate surface area is 165 Å². The maximum Gasteiger partial charge on any atom is 0.267 e. The van der Waals surface area contributed by atoms with Crippen molar-refractivity contribution in [1.82, 2.24) is 3.97 Å². The fraction of sp³-hybridized carbons (Fsp3) is 0. The minimum Gasteiger partial charge on any atom is -0.323 e. The first kappa shape index (κ1) is 18.4. The molecule has 0 atom stereocenters. The topological polar surface area (TPSA) is 68.2 Å². The first-order valence-corrected chi connectivity index (χ1v) is 10.2. The summed E-state index contributed by atoms with van der Waals surface area (Å²) in [5.41, 5.74) is 1.31. The third kappa shape index (κ3) is 4.41. The summed E-state index contributed by atoms with van der Waals surface area (Å²) in [5, 5.41) is 2.73. The molecular formula is C19H15IN2O3S. The molecule has 3 rings (SSSR count). The molecule has 0 spiro atoms. The minimum atomic E-state index is -3.64. The van der Waals surface area contributed by atoms with Gasteiger partial charge in [0, 0.05) is 27.7 Å². The molecule has 0 saturated carbocycles. The number of aromatic nitrogens is 1. The van der Waals surface area contributed by atoms with E-state index in [1.807, 2.05) is 18.2 Å². The van der Waals surface area contributed by atoms with Crippen LogP contribution in [0.5, 0.6) is 0 Å². The zero-order valence-corrected chi connectivity index (χ0v) is 16.5. The molecule has 2 aromatic carbocycles. The van der Waals surface area contributed by atoms with Gasteiger partial charge in [-0.2, -0.15) is 0 Å². The second-order valence-electron chi connectivity index (χ2n) is 5.42. The predicted octanol–water partition coefficient (Wildman–Crippen LogP) is 3.98. The molecule has 0 unspecified atom stereocenters. The van der Waals surface area contributed by atoms with Crippen LogP contribution in [0.15, 0.2) is 84.0 Å². The molecule has 0 aliphatic rings. The lowest BCUT2D eigenvalue weighted by Gasteiger charge is -2.05. The van der Waals surface area contributed by atoms with Gasteiger partial charge in [-0.3, -0.25) is 4.79 Å². The van der Waals surface area contributed by atoms with Crippen molar-refractivity contribution in [3.05, 3.63) is 88.3 Å². The smallest absolute Gasteiger partial charge is 0.267 e. The Morgan fingerprint density at radius 3 is 2.38 bits per heavy atom. The Kier molecular flexibility index (Phi) is 5.58. The molecule has 0 bridgehead atoms. The average molecular weight is 478 g/mol. The van der Waals surface area contributed by atoms with Gasteiger partial charge in [-0.1, -0.05) is 18.2 Å². The van der Waals surface area contributed by atoms with Crippen molar-refractivity contribution in [1.29, 1.82) is 0 Å². The normalized spacial score (nSPS) is 11.6. The Morgan fingerprint density at radius 2 is 1.69 bits per heavy atom. The van der Waals surface area contributed by atoms with Crippen molar-refractivity contribution in [3.63, 3.8) is 0 Å². The third-order valence-corrected chi connectivity index (χ3v) is 5.92. The van der Waals surface area contributed by atoms with Crippen LogP contribution in [0.3, 0.4) is 0 Å². The van der Waals surface area contributed by atoms with Crippen LogP contribution >= 0.6 is 22.6 Å². The molecular weight excluding hydrogens is 463 g/mol. The standard InChI is InChI=1S/C19H15IN2O3S/c20-16-7-9-18(10-8-16)26(24,25)22-13-12-15(14-22)6-11-19(23)21-17-4-2-1-3-5-17/h1-14H,(H,21,23)/b11-6+. The van der Waals surface area contributed by atoms with Crippen molar-refractivity contribution < 1.29 is 13.2 Å². The van der Waals surface area contributed by atoms with Crippen LogP contribution < -0.4 is 5.32 Å². The van der Waals surface area contributed by atoms with Gasteiger partial charge in [0.25, 0.3) is 10.0 Å². The number of benzene rings is 2. The van der Waals surface area contributed by atoms with Gasteiger partial charge in [0.15, 0.2) is 0 Å². The summed E-state index contributed by atoms with van der Waals surface area (Å²) < 4.78 is 27.3. The molecule has 1 amide bonds. The second-order valence-corrected chi connectivity index (χ2v) is 8.51. The van der Waals surface area contributed by atoms with Gasteiger partial charge < -0.3 is 5.32 Å². The SMILES string of the molecule is O=C(/C=C/c1ccn(S(=O)(=O)c2ccc(I)cc2)c1)Nc1ccccc1. The number of para-hydroxylation sites is 1. The second kappa shape index (κ2) is 7.88. The molecule has 0 saturated heterocycles. The summed E-state index contributed by atoms with van der Waals surface area (Å²) >= 11 is 2.12. The van der Waals surface area contributed by atoms with Gasteiger partial charge in [0.05, 0.1) is 4.90 Å². The molecule has 132 valence electrons. The maximum absolute atomic E-state index is 12.6. The highest BCUT2D eigenvalue weighted by Crippen LogP contribution is 2.17. The van der Waals surface area contributed by atoms with Gasteiger partial charge >= 0.3 is 0 Å². The number of amides is 1. The van der Waals surface area contributed by atoms with Crippen LogP contribution in [-0.2, 0) is 14.8 Å². The van der Waals surface area contributed by atoms with Gasteiger partial charge in [0.1, 0.15) is 0 Å². The molecule has 26 heavy (non-hydrogen) atoms. The molecule has 0 fully saturated rings. The lowest BCUT2D eigenvalue weighted by molar-refractivity contribution is -0.111. The molecule has 0 radical (unpaired) electrons. The van der Waals surface area contributed by atoms with E-state index in [0.29, 0.717) is 11.3 Å². The highest BCUT2D eigenvalue weighted by Gasteiger charge is 2.16.